The lowest BCUT2D eigenvalue weighted by molar-refractivity contribution is 0.0595. The summed E-state index contributed by atoms with van der Waals surface area (Å²) in [4.78, 5) is 20.0. The fourth-order valence-corrected chi connectivity index (χ4v) is 2.61. The molecule has 9 heteroatoms. The Kier molecular flexibility index (Phi) is 5.31. The van der Waals surface area contributed by atoms with Crippen molar-refractivity contribution in [1.82, 2.24) is 14.5 Å². The molecule has 0 amide bonds. The first kappa shape index (κ1) is 18.0. The molecule has 0 fully saturated rings. The summed E-state index contributed by atoms with van der Waals surface area (Å²) in [7, 11) is 0.600. The molecule has 2 rings (SSSR count). The molecule has 0 spiro atoms. The molecular formula is C15H21N5O3S. The van der Waals surface area contributed by atoms with E-state index in [0.29, 0.717) is 23.3 Å². The van der Waals surface area contributed by atoms with Gasteiger partial charge in [0.15, 0.2) is 17.2 Å². The van der Waals surface area contributed by atoms with Crippen molar-refractivity contribution >= 4 is 33.0 Å². The van der Waals surface area contributed by atoms with E-state index >= 15 is 0 Å². The van der Waals surface area contributed by atoms with Crippen LogP contribution in [0.2, 0.25) is 0 Å². The Bertz CT molecular complexity index is 804. The maximum absolute atomic E-state index is 11.7. The molecule has 0 aliphatic carbocycles. The summed E-state index contributed by atoms with van der Waals surface area (Å²) < 4.78 is 12.0. The second-order valence-corrected chi connectivity index (χ2v) is 10.7. The fraction of sp³-hybridized carbons (Fsp3) is 0.467. The third kappa shape index (κ3) is 3.96. The van der Waals surface area contributed by atoms with Gasteiger partial charge in [0.2, 0.25) is 0 Å². The molecule has 2 aromatic rings. The van der Waals surface area contributed by atoms with E-state index in [9.17, 15) is 10.1 Å². The fourth-order valence-electron chi connectivity index (χ4n) is 2.00. The zero-order valence-electron chi connectivity index (χ0n) is 14.2. The lowest BCUT2D eigenvalue weighted by Gasteiger charge is -2.24. The van der Waals surface area contributed by atoms with Crippen LogP contribution >= 0.6 is 10.0 Å². The number of nitrogens with zero attached hydrogens (tertiary/aromatic N) is 4. The second-order valence-electron chi connectivity index (χ2n) is 6.08. The SMILES string of the molecule is COC(=O)c1nc2c(C#N)cn(COCCS(C)(C)C)c2nc1N. The standard InChI is InChI=1S/C15H21N5O3S/c1-22-15(21)12-13(17)19-14-11(18-12)10(7-16)8-20(14)9-23-5-6-24(2,3)4/h8H,5-6,9H2,1-4H3,(H2,17,19). The van der Waals surface area contributed by atoms with Crippen LogP contribution in [0.25, 0.3) is 11.2 Å². The van der Waals surface area contributed by atoms with E-state index in [-0.39, 0.29) is 18.2 Å². The molecule has 130 valence electrons. The van der Waals surface area contributed by atoms with Gasteiger partial charge in [0, 0.05) is 11.9 Å². The highest BCUT2D eigenvalue weighted by molar-refractivity contribution is 8.32. The second kappa shape index (κ2) is 7.07. The summed E-state index contributed by atoms with van der Waals surface area (Å²) in [5.41, 5.74) is 6.69. The number of rotatable bonds is 6. The number of aromatic nitrogens is 3. The topological polar surface area (TPSA) is 116 Å². The Balaban J connectivity index is 2.30. The number of carbonyl (C=O) groups excluding carboxylic acids is 1. The molecule has 0 radical (unpaired) electrons. The molecule has 0 saturated carbocycles. The van der Waals surface area contributed by atoms with Gasteiger partial charge in [-0.2, -0.15) is 5.26 Å². The number of esters is 1. The van der Waals surface area contributed by atoms with E-state index in [1.54, 1.807) is 10.8 Å². The van der Waals surface area contributed by atoms with Gasteiger partial charge < -0.3 is 19.8 Å². The quantitative estimate of drug-likeness (QED) is 0.616. The van der Waals surface area contributed by atoms with Gasteiger partial charge in [-0.15, -0.1) is 0 Å². The smallest absolute Gasteiger partial charge is 0.360 e. The zero-order valence-corrected chi connectivity index (χ0v) is 15.0. The highest BCUT2D eigenvalue weighted by atomic mass is 32.3. The van der Waals surface area contributed by atoms with E-state index < -0.39 is 16.0 Å². The summed E-state index contributed by atoms with van der Waals surface area (Å²) >= 11 is 0. The molecule has 2 N–H and O–H groups in total. The third-order valence-electron chi connectivity index (χ3n) is 3.29. The first-order valence-electron chi connectivity index (χ1n) is 7.15. The Hall–Kier alpha value is -2.31. The normalized spacial score (nSPS) is 12.1. The highest BCUT2D eigenvalue weighted by Crippen LogP contribution is 2.33. The number of nitrogens with two attached hydrogens (primary N) is 1. The molecule has 0 aromatic carbocycles. The van der Waals surface area contributed by atoms with Crippen LogP contribution in [-0.2, 0) is 16.2 Å². The molecule has 0 aliphatic rings. The van der Waals surface area contributed by atoms with Crippen LogP contribution in [0.3, 0.4) is 0 Å². The number of hydrogen-bond donors (Lipinski definition) is 1. The molecule has 0 aliphatic heterocycles. The molecule has 2 heterocycles. The lowest BCUT2D eigenvalue weighted by Crippen LogP contribution is -2.12. The number of nitrogen functional groups attached to an aromatic ring is 1. The van der Waals surface area contributed by atoms with Crippen LogP contribution in [0, 0.1) is 11.3 Å². The monoisotopic (exact) mass is 351 g/mol. The minimum absolute atomic E-state index is 0.0441. The van der Waals surface area contributed by atoms with Gasteiger partial charge in [-0.3, -0.25) is 0 Å². The van der Waals surface area contributed by atoms with Crippen LogP contribution in [0.4, 0.5) is 5.82 Å². The number of fused-ring (bicyclic) bond motifs is 1. The van der Waals surface area contributed by atoms with Gasteiger partial charge >= 0.3 is 5.97 Å². The molecular weight excluding hydrogens is 330 g/mol. The number of ether oxygens (including phenoxy) is 2. The summed E-state index contributed by atoms with van der Waals surface area (Å²) in [6, 6.07) is 2.04. The molecule has 0 saturated heterocycles. The average Bonchev–Trinajstić information content (AvgIpc) is 2.86. The van der Waals surface area contributed by atoms with Crippen molar-refractivity contribution in [3.63, 3.8) is 0 Å². The van der Waals surface area contributed by atoms with E-state index in [0.717, 1.165) is 5.75 Å². The summed E-state index contributed by atoms with van der Waals surface area (Å²) in [6.45, 7) is 0.850. The van der Waals surface area contributed by atoms with Crippen molar-refractivity contribution in [2.24, 2.45) is 0 Å². The Morgan fingerprint density at radius 3 is 2.71 bits per heavy atom. The van der Waals surface area contributed by atoms with Crippen molar-refractivity contribution in [1.29, 1.82) is 5.26 Å². The first-order chi connectivity index (χ1) is 11.3. The van der Waals surface area contributed by atoms with Gasteiger partial charge in [-0.1, -0.05) is 0 Å². The molecule has 8 nitrogen and oxygen atoms in total. The van der Waals surface area contributed by atoms with Crippen molar-refractivity contribution in [2.45, 2.75) is 6.73 Å². The van der Waals surface area contributed by atoms with Crippen molar-refractivity contribution in [2.75, 3.05) is 44.0 Å². The van der Waals surface area contributed by atoms with Crippen molar-refractivity contribution in [3.05, 3.63) is 17.5 Å². The molecule has 0 atom stereocenters. The Morgan fingerprint density at radius 2 is 2.12 bits per heavy atom. The Labute approximate surface area is 141 Å². The maximum Gasteiger partial charge on any atom is 0.360 e. The first-order valence-corrected chi connectivity index (χ1v) is 10.2. The number of nitriles is 1. The van der Waals surface area contributed by atoms with Crippen LogP contribution < -0.4 is 5.73 Å². The van der Waals surface area contributed by atoms with Gasteiger partial charge in [-0.25, -0.2) is 24.8 Å². The minimum atomic E-state index is -0.692. The number of carbonyl (C=O) groups is 1. The number of methoxy groups -OCH3 is 1. The third-order valence-corrected chi connectivity index (χ3v) is 4.68. The summed E-state index contributed by atoms with van der Waals surface area (Å²) in [6.07, 6.45) is 8.25. The number of anilines is 1. The van der Waals surface area contributed by atoms with E-state index in [4.69, 9.17) is 10.5 Å². The lowest BCUT2D eigenvalue weighted by atomic mass is 10.3. The van der Waals surface area contributed by atoms with Crippen LogP contribution in [0.1, 0.15) is 16.1 Å². The maximum atomic E-state index is 11.7. The molecule has 24 heavy (non-hydrogen) atoms. The van der Waals surface area contributed by atoms with Crippen LogP contribution in [0.5, 0.6) is 0 Å². The van der Waals surface area contributed by atoms with E-state index in [2.05, 4.69) is 33.5 Å². The largest absolute Gasteiger partial charge is 0.464 e. The van der Waals surface area contributed by atoms with Crippen molar-refractivity contribution < 1.29 is 14.3 Å². The van der Waals surface area contributed by atoms with Crippen molar-refractivity contribution in [3.8, 4) is 6.07 Å². The average molecular weight is 351 g/mol. The van der Waals surface area contributed by atoms with Gasteiger partial charge in [0.05, 0.1) is 19.3 Å². The number of hydrogen-bond acceptors (Lipinski definition) is 7. The predicted molar refractivity (Wildman–Crippen MR) is 94.2 cm³/mol. The van der Waals surface area contributed by atoms with Crippen LogP contribution in [0.15, 0.2) is 6.20 Å². The van der Waals surface area contributed by atoms with Crippen LogP contribution in [-0.4, -0.2) is 58.7 Å². The van der Waals surface area contributed by atoms with Gasteiger partial charge in [0.25, 0.3) is 0 Å². The predicted octanol–water partition coefficient (Wildman–Crippen LogP) is 1.34. The van der Waals surface area contributed by atoms with E-state index in [1.165, 1.54) is 7.11 Å². The summed E-state index contributed by atoms with van der Waals surface area (Å²) in [5.74, 6) is 0.248. The van der Waals surface area contributed by atoms with E-state index in [1.807, 2.05) is 6.07 Å². The molecule has 2 aromatic heterocycles. The molecule has 0 unspecified atom stereocenters. The van der Waals surface area contributed by atoms with Gasteiger partial charge in [0.1, 0.15) is 18.3 Å². The van der Waals surface area contributed by atoms with Gasteiger partial charge in [-0.05, 0) is 18.8 Å². The molecule has 0 bridgehead atoms. The Morgan fingerprint density at radius 1 is 1.42 bits per heavy atom. The minimum Gasteiger partial charge on any atom is -0.464 e. The highest BCUT2D eigenvalue weighted by Gasteiger charge is 2.19. The summed E-state index contributed by atoms with van der Waals surface area (Å²) in [5, 5.41) is 9.27. The zero-order chi connectivity index (χ0) is 17.9.